The summed E-state index contributed by atoms with van der Waals surface area (Å²) in [7, 11) is -0.916. The number of hydrogen-bond acceptors (Lipinski definition) is 4. The molecule has 1 heterocycles. The number of aliphatic hydroxyl groups is 1. The Labute approximate surface area is 179 Å². The van der Waals surface area contributed by atoms with Gasteiger partial charge in [-0.2, -0.15) is 0 Å². The average Bonchev–Trinajstić information content (AvgIpc) is 2.69. The highest BCUT2D eigenvalue weighted by molar-refractivity contribution is 8.00. The van der Waals surface area contributed by atoms with Gasteiger partial charge >= 0.3 is 0 Å². The predicted octanol–water partition coefficient (Wildman–Crippen LogP) is 4.67. The highest BCUT2D eigenvalue weighted by atomic mass is 32.2. The van der Waals surface area contributed by atoms with Crippen LogP contribution in [-0.2, 0) is 9.71 Å². The Balaban J connectivity index is 2.70. The Morgan fingerprint density at radius 1 is 1.27 bits per heavy atom. The van der Waals surface area contributed by atoms with Crippen LogP contribution in [-0.4, -0.2) is 44.6 Å². The van der Waals surface area contributed by atoms with Crippen LogP contribution in [0.25, 0.3) is 17.3 Å². The molecule has 0 spiro atoms. The maximum atomic E-state index is 13.5. The van der Waals surface area contributed by atoms with Crippen molar-refractivity contribution in [2.24, 2.45) is 0 Å². The first kappa shape index (κ1) is 24.0. The standard InChI is InChI=1S/C23H32FN3O2S/c1-7-8-9-19(28)14-15-20-21(16(2)3)25-23(27(4)30(5,6)29)26-22(20)17-10-12-18(24)13-11-17/h10-16,19,28H,5,7-9H2,1-4,6H3/b15-14+/t19-,30?/m0/s1. The van der Waals surface area contributed by atoms with Gasteiger partial charge in [-0.1, -0.05) is 45.8 Å². The zero-order valence-electron chi connectivity index (χ0n) is 18.4. The van der Waals surface area contributed by atoms with E-state index in [-0.39, 0.29) is 11.7 Å². The van der Waals surface area contributed by atoms with Crippen LogP contribution in [0.5, 0.6) is 0 Å². The molecule has 1 N–H and O–H groups in total. The molecule has 0 saturated heterocycles. The van der Waals surface area contributed by atoms with E-state index in [4.69, 9.17) is 0 Å². The minimum Gasteiger partial charge on any atom is -0.389 e. The number of aromatic nitrogens is 2. The minimum atomic E-state index is -2.56. The van der Waals surface area contributed by atoms with Gasteiger partial charge in [0.25, 0.3) is 0 Å². The van der Waals surface area contributed by atoms with E-state index in [9.17, 15) is 13.7 Å². The Morgan fingerprint density at radius 3 is 2.43 bits per heavy atom. The van der Waals surface area contributed by atoms with Gasteiger partial charge in [0.2, 0.25) is 5.95 Å². The number of benzene rings is 1. The molecule has 0 saturated carbocycles. The van der Waals surface area contributed by atoms with Gasteiger partial charge in [0, 0.05) is 34.1 Å². The number of unbranched alkanes of at least 4 members (excludes halogenated alkanes) is 1. The molecule has 7 heteroatoms. The molecule has 0 amide bonds. The maximum Gasteiger partial charge on any atom is 0.237 e. The molecule has 1 aromatic heterocycles. The summed E-state index contributed by atoms with van der Waals surface area (Å²) >= 11 is 0. The predicted molar refractivity (Wildman–Crippen MR) is 126 cm³/mol. The summed E-state index contributed by atoms with van der Waals surface area (Å²) in [5, 5.41) is 10.3. The topological polar surface area (TPSA) is 66.3 Å². The van der Waals surface area contributed by atoms with Gasteiger partial charge < -0.3 is 5.11 Å². The van der Waals surface area contributed by atoms with Crippen LogP contribution in [0.2, 0.25) is 0 Å². The largest absolute Gasteiger partial charge is 0.389 e. The van der Waals surface area contributed by atoms with Crippen LogP contribution in [0.15, 0.2) is 30.3 Å². The summed E-state index contributed by atoms with van der Waals surface area (Å²) in [6.45, 7) is 6.11. The normalized spacial score (nSPS) is 14.8. The quantitative estimate of drug-likeness (QED) is 0.584. The van der Waals surface area contributed by atoms with Crippen molar-refractivity contribution >= 4 is 27.6 Å². The number of aliphatic hydroxyl groups excluding tert-OH is 1. The lowest BCUT2D eigenvalue weighted by Gasteiger charge is -2.22. The van der Waals surface area contributed by atoms with Crippen molar-refractivity contribution in [1.29, 1.82) is 0 Å². The SMILES string of the molecule is C=S(C)(=O)N(C)c1nc(-c2ccc(F)cc2)c(/C=C/[C@@H](O)CCCC)c(C(C)C)n1. The summed E-state index contributed by atoms with van der Waals surface area (Å²) in [4.78, 5) is 9.33. The zero-order valence-corrected chi connectivity index (χ0v) is 19.2. The first-order valence-corrected chi connectivity index (χ1v) is 12.2. The van der Waals surface area contributed by atoms with Crippen LogP contribution in [0.1, 0.15) is 57.2 Å². The highest BCUT2D eigenvalue weighted by Crippen LogP contribution is 2.31. The molecule has 2 rings (SSSR count). The molecule has 1 unspecified atom stereocenters. The Morgan fingerprint density at radius 2 is 1.90 bits per heavy atom. The fourth-order valence-corrected chi connectivity index (χ4v) is 3.36. The Kier molecular flexibility index (Phi) is 8.15. The minimum absolute atomic E-state index is 0.0458. The van der Waals surface area contributed by atoms with Crippen molar-refractivity contribution in [3.05, 3.63) is 47.4 Å². The van der Waals surface area contributed by atoms with Gasteiger partial charge in [0.05, 0.1) is 17.5 Å². The van der Waals surface area contributed by atoms with Gasteiger partial charge in [-0.05, 0) is 42.5 Å². The van der Waals surface area contributed by atoms with Crippen molar-refractivity contribution in [3.63, 3.8) is 0 Å². The first-order valence-electron chi connectivity index (χ1n) is 10.1. The first-order chi connectivity index (χ1) is 14.0. The van der Waals surface area contributed by atoms with Crippen LogP contribution in [0.4, 0.5) is 10.3 Å². The number of hydrogen-bond donors (Lipinski definition) is 1. The summed E-state index contributed by atoms with van der Waals surface area (Å²) in [5.74, 6) is 3.73. The lowest BCUT2D eigenvalue weighted by Crippen LogP contribution is -2.27. The van der Waals surface area contributed by atoms with Crippen molar-refractivity contribution in [2.45, 2.75) is 52.1 Å². The molecule has 0 fully saturated rings. The smallest absolute Gasteiger partial charge is 0.237 e. The van der Waals surface area contributed by atoms with Gasteiger partial charge in [0.1, 0.15) is 5.82 Å². The Bertz CT molecular complexity index is 986. The van der Waals surface area contributed by atoms with Gasteiger partial charge in [-0.3, -0.25) is 4.31 Å². The van der Waals surface area contributed by atoms with Crippen molar-refractivity contribution in [3.8, 4) is 11.3 Å². The van der Waals surface area contributed by atoms with Crippen LogP contribution in [0, 0.1) is 5.82 Å². The van der Waals surface area contributed by atoms with E-state index in [1.165, 1.54) is 22.7 Å². The number of rotatable bonds is 9. The summed E-state index contributed by atoms with van der Waals surface area (Å²) < 4.78 is 27.5. The fourth-order valence-electron chi connectivity index (χ4n) is 2.94. The average molecular weight is 434 g/mol. The summed E-state index contributed by atoms with van der Waals surface area (Å²) in [6.07, 6.45) is 7.17. The molecule has 0 aliphatic rings. The third kappa shape index (κ3) is 6.12. The Hall–Kier alpha value is -2.25. The van der Waals surface area contributed by atoms with Crippen molar-refractivity contribution in [2.75, 3.05) is 17.6 Å². The maximum absolute atomic E-state index is 13.5. The second-order valence-electron chi connectivity index (χ2n) is 7.86. The highest BCUT2D eigenvalue weighted by Gasteiger charge is 2.20. The molecule has 1 aromatic carbocycles. The van der Waals surface area contributed by atoms with Gasteiger partial charge in [-0.15, -0.1) is 0 Å². The van der Waals surface area contributed by atoms with E-state index in [0.29, 0.717) is 23.6 Å². The molecule has 0 aliphatic heterocycles. The van der Waals surface area contributed by atoms with Crippen LogP contribution in [0.3, 0.4) is 0 Å². The summed E-state index contributed by atoms with van der Waals surface area (Å²) in [5.41, 5.74) is 2.83. The molecule has 0 radical (unpaired) electrons. The number of anilines is 1. The fraction of sp³-hybridized carbons (Fsp3) is 0.435. The number of nitrogens with zero attached hydrogens (tertiary/aromatic N) is 3. The lowest BCUT2D eigenvalue weighted by atomic mass is 9.97. The molecule has 0 aliphatic carbocycles. The van der Waals surface area contributed by atoms with E-state index in [1.54, 1.807) is 25.3 Å². The molecule has 0 bridgehead atoms. The molecule has 164 valence electrons. The van der Waals surface area contributed by atoms with E-state index in [2.05, 4.69) is 22.8 Å². The zero-order chi connectivity index (χ0) is 22.5. The van der Waals surface area contributed by atoms with E-state index in [1.807, 2.05) is 19.9 Å². The van der Waals surface area contributed by atoms with Gasteiger partial charge in [0.15, 0.2) is 0 Å². The molecule has 2 atom stereocenters. The van der Waals surface area contributed by atoms with Crippen LogP contribution >= 0.6 is 0 Å². The molecular formula is C23H32FN3O2S. The van der Waals surface area contributed by atoms with E-state index < -0.39 is 15.8 Å². The summed E-state index contributed by atoms with van der Waals surface area (Å²) in [6, 6.07) is 6.07. The molecule has 5 nitrogen and oxygen atoms in total. The van der Waals surface area contributed by atoms with Crippen molar-refractivity contribution < 1.29 is 13.7 Å². The molecule has 30 heavy (non-hydrogen) atoms. The molecule has 2 aromatic rings. The monoisotopic (exact) mass is 433 g/mol. The third-order valence-electron chi connectivity index (χ3n) is 4.83. The second-order valence-corrected chi connectivity index (χ2v) is 10.3. The lowest BCUT2D eigenvalue weighted by molar-refractivity contribution is 0.210. The molecular weight excluding hydrogens is 401 g/mol. The third-order valence-corrected chi connectivity index (χ3v) is 6.15. The van der Waals surface area contributed by atoms with E-state index in [0.717, 1.165) is 24.1 Å². The van der Waals surface area contributed by atoms with Gasteiger partial charge in [-0.25, -0.2) is 18.6 Å². The number of halogens is 1. The second kappa shape index (κ2) is 10.2. The van der Waals surface area contributed by atoms with Crippen molar-refractivity contribution in [1.82, 2.24) is 9.97 Å². The van der Waals surface area contributed by atoms with Crippen LogP contribution < -0.4 is 4.31 Å². The van der Waals surface area contributed by atoms with E-state index >= 15 is 0 Å².